The van der Waals surface area contributed by atoms with E-state index in [9.17, 15) is 5.11 Å². The highest BCUT2D eigenvalue weighted by Crippen LogP contribution is 2.34. The molecule has 0 spiro atoms. The number of hydrogen-bond donors (Lipinski definition) is 1. The molecule has 0 radical (unpaired) electrons. The minimum Gasteiger partial charge on any atom is -0.393 e. The first kappa shape index (κ1) is 12.1. The van der Waals surface area contributed by atoms with Gasteiger partial charge in [-0.05, 0) is 38.0 Å². The zero-order chi connectivity index (χ0) is 11.5. The number of nitrogens with zero attached hydrogens (tertiary/aromatic N) is 1. The van der Waals surface area contributed by atoms with Crippen LogP contribution < -0.4 is 0 Å². The summed E-state index contributed by atoms with van der Waals surface area (Å²) in [6.07, 6.45) is 5.14. The molecule has 0 aromatic carbocycles. The van der Waals surface area contributed by atoms with Crippen molar-refractivity contribution in [2.45, 2.75) is 58.0 Å². The molecule has 1 fully saturated rings. The van der Waals surface area contributed by atoms with Crippen molar-refractivity contribution < 1.29 is 5.11 Å². The zero-order valence-electron chi connectivity index (χ0n) is 10.1. The molecule has 16 heavy (non-hydrogen) atoms. The van der Waals surface area contributed by atoms with Gasteiger partial charge in [0.15, 0.2) is 0 Å². The quantitative estimate of drug-likeness (QED) is 0.877. The Labute approximate surface area is 102 Å². The van der Waals surface area contributed by atoms with E-state index < -0.39 is 0 Å². The zero-order valence-corrected chi connectivity index (χ0v) is 11.0. The summed E-state index contributed by atoms with van der Waals surface area (Å²) >= 11 is 1.81. The number of aliphatic hydroxyl groups excluding tert-OH is 1. The van der Waals surface area contributed by atoms with Gasteiger partial charge in [0.2, 0.25) is 0 Å². The molecule has 1 aliphatic carbocycles. The first-order valence-electron chi connectivity index (χ1n) is 6.27. The molecule has 1 heterocycles. The molecule has 1 aromatic rings. The van der Waals surface area contributed by atoms with Gasteiger partial charge in [-0.25, -0.2) is 4.98 Å². The Morgan fingerprint density at radius 2 is 2.06 bits per heavy atom. The predicted octanol–water partition coefficient (Wildman–Crippen LogP) is 3.36. The molecule has 2 nitrogen and oxygen atoms in total. The second-order valence-corrected chi connectivity index (χ2v) is 6.17. The minimum absolute atomic E-state index is 0.0636. The first-order chi connectivity index (χ1) is 7.65. The summed E-state index contributed by atoms with van der Waals surface area (Å²) in [6.45, 7) is 4.46. The van der Waals surface area contributed by atoms with Crippen molar-refractivity contribution in [2.24, 2.45) is 5.92 Å². The number of aliphatic hydroxyl groups is 1. The van der Waals surface area contributed by atoms with Crippen LogP contribution in [0.4, 0.5) is 0 Å². The molecule has 0 amide bonds. The van der Waals surface area contributed by atoms with Crippen molar-refractivity contribution in [3.05, 3.63) is 16.1 Å². The second-order valence-electron chi connectivity index (χ2n) is 5.28. The van der Waals surface area contributed by atoms with Gasteiger partial charge < -0.3 is 5.11 Å². The van der Waals surface area contributed by atoms with Gasteiger partial charge in [0.25, 0.3) is 0 Å². The molecule has 0 atom stereocenters. The fourth-order valence-electron chi connectivity index (χ4n) is 2.34. The van der Waals surface area contributed by atoms with Crippen LogP contribution in [0, 0.1) is 5.92 Å². The molecule has 1 saturated carbocycles. The van der Waals surface area contributed by atoms with Crippen molar-refractivity contribution in [3.8, 4) is 0 Å². The molecule has 1 aromatic heterocycles. The average Bonchev–Trinajstić information content (AvgIpc) is 2.66. The Kier molecular flexibility index (Phi) is 3.98. The minimum atomic E-state index is -0.0636. The maximum absolute atomic E-state index is 9.48. The fourth-order valence-corrected chi connectivity index (χ4v) is 3.35. The molecule has 90 valence electrons. The number of hydrogen-bond acceptors (Lipinski definition) is 3. The molecular weight excluding hydrogens is 218 g/mol. The lowest BCUT2D eigenvalue weighted by molar-refractivity contribution is 0.122. The fraction of sp³-hybridized carbons (Fsp3) is 0.769. The summed E-state index contributed by atoms with van der Waals surface area (Å²) in [4.78, 5) is 4.74. The van der Waals surface area contributed by atoms with E-state index >= 15 is 0 Å². The molecule has 0 aliphatic heterocycles. The van der Waals surface area contributed by atoms with Crippen LogP contribution >= 0.6 is 11.3 Å². The van der Waals surface area contributed by atoms with Gasteiger partial charge >= 0.3 is 0 Å². The molecule has 0 unspecified atom stereocenters. The lowest BCUT2D eigenvalue weighted by atomic mass is 9.88. The molecular formula is C13H21NOS. The Morgan fingerprint density at radius 3 is 2.69 bits per heavy atom. The molecule has 1 aliphatic rings. The number of rotatable bonds is 3. The van der Waals surface area contributed by atoms with Gasteiger partial charge in [0.05, 0.1) is 16.8 Å². The highest BCUT2D eigenvalue weighted by atomic mass is 32.1. The number of thiazole rings is 1. The Balaban J connectivity index is 1.96. The third-order valence-corrected chi connectivity index (χ3v) is 4.29. The molecule has 1 N–H and O–H groups in total. The van der Waals surface area contributed by atoms with Gasteiger partial charge in [-0.15, -0.1) is 11.3 Å². The van der Waals surface area contributed by atoms with E-state index in [1.807, 2.05) is 0 Å². The van der Waals surface area contributed by atoms with Gasteiger partial charge in [-0.1, -0.05) is 13.8 Å². The lowest BCUT2D eigenvalue weighted by Gasteiger charge is -2.23. The standard InChI is InChI=1S/C13H21NOS/c1-9(2)7-11-8-16-13(14-11)10-3-5-12(15)6-4-10/h8-10,12,15H,3-7H2,1-2H3. The van der Waals surface area contributed by atoms with Crippen molar-refractivity contribution in [1.29, 1.82) is 0 Å². The van der Waals surface area contributed by atoms with Gasteiger partial charge in [-0.2, -0.15) is 0 Å². The van der Waals surface area contributed by atoms with E-state index in [2.05, 4.69) is 19.2 Å². The van der Waals surface area contributed by atoms with Crippen LogP contribution in [-0.4, -0.2) is 16.2 Å². The first-order valence-corrected chi connectivity index (χ1v) is 7.15. The van der Waals surface area contributed by atoms with E-state index in [1.165, 1.54) is 10.7 Å². The molecule has 0 saturated heterocycles. The summed E-state index contributed by atoms with van der Waals surface area (Å²) in [7, 11) is 0. The van der Waals surface area contributed by atoms with E-state index in [-0.39, 0.29) is 6.10 Å². The van der Waals surface area contributed by atoms with Crippen molar-refractivity contribution in [3.63, 3.8) is 0 Å². The third-order valence-electron chi connectivity index (χ3n) is 3.23. The summed E-state index contributed by atoms with van der Waals surface area (Å²) in [6, 6.07) is 0. The topological polar surface area (TPSA) is 33.1 Å². The van der Waals surface area contributed by atoms with Crippen LogP contribution in [0.3, 0.4) is 0 Å². The molecule has 2 rings (SSSR count). The highest BCUT2D eigenvalue weighted by molar-refractivity contribution is 7.09. The normalized spacial score (nSPS) is 26.2. The maximum atomic E-state index is 9.48. The third kappa shape index (κ3) is 3.05. The van der Waals surface area contributed by atoms with E-state index in [4.69, 9.17) is 4.98 Å². The Bertz CT molecular complexity index is 326. The Hall–Kier alpha value is -0.410. The van der Waals surface area contributed by atoms with Crippen LogP contribution in [0.15, 0.2) is 5.38 Å². The van der Waals surface area contributed by atoms with Gasteiger partial charge in [-0.3, -0.25) is 0 Å². The van der Waals surface area contributed by atoms with Crippen LogP contribution in [0.1, 0.15) is 56.2 Å². The average molecular weight is 239 g/mol. The SMILES string of the molecule is CC(C)Cc1csc(C2CCC(O)CC2)n1. The van der Waals surface area contributed by atoms with E-state index in [0.29, 0.717) is 11.8 Å². The highest BCUT2D eigenvalue weighted by Gasteiger charge is 2.23. The van der Waals surface area contributed by atoms with Crippen molar-refractivity contribution in [1.82, 2.24) is 4.98 Å². The maximum Gasteiger partial charge on any atom is 0.0959 e. The van der Waals surface area contributed by atoms with Crippen LogP contribution in [0.2, 0.25) is 0 Å². The largest absolute Gasteiger partial charge is 0.393 e. The van der Waals surface area contributed by atoms with E-state index in [1.54, 1.807) is 11.3 Å². The summed E-state index contributed by atoms with van der Waals surface area (Å²) in [5.74, 6) is 1.29. The van der Waals surface area contributed by atoms with Crippen LogP contribution in [0.5, 0.6) is 0 Å². The monoisotopic (exact) mass is 239 g/mol. The Morgan fingerprint density at radius 1 is 1.38 bits per heavy atom. The summed E-state index contributed by atoms with van der Waals surface area (Å²) in [5.41, 5.74) is 1.25. The second kappa shape index (κ2) is 5.28. The lowest BCUT2D eigenvalue weighted by Crippen LogP contribution is -2.16. The van der Waals surface area contributed by atoms with E-state index in [0.717, 1.165) is 32.1 Å². The van der Waals surface area contributed by atoms with Crippen LogP contribution in [0.25, 0.3) is 0 Å². The van der Waals surface area contributed by atoms with Crippen LogP contribution in [-0.2, 0) is 6.42 Å². The predicted molar refractivity (Wildman–Crippen MR) is 67.9 cm³/mol. The molecule has 0 bridgehead atoms. The van der Waals surface area contributed by atoms with Crippen molar-refractivity contribution in [2.75, 3.05) is 0 Å². The van der Waals surface area contributed by atoms with Crippen molar-refractivity contribution >= 4 is 11.3 Å². The number of aromatic nitrogens is 1. The molecule has 3 heteroatoms. The van der Waals surface area contributed by atoms with Gasteiger partial charge in [0.1, 0.15) is 0 Å². The summed E-state index contributed by atoms with van der Waals surface area (Å²) < 4.78 is 0. The smallest absolute Gasteiger partial charge is 0.0959 e. The van der Waals surface area contributed by atoms with Gasteiger partial charge in [0, 0.05) is 11.3 Å². The summed E-state index contributed by atoms with van der Waals surface area (Å²) in [5, 5.41) is 13.0.